The summed E-state index contributed by atoms with van der Waals surface area (Å²) in [5, 5.41) is 0.275. The van der Waals surface area contributed by atoms with Crippen LogP contribution in [0.25, 0.3) is 0 Å². The Morgan fingerprint density at radius 3 is 2.73 bits per heavy atom. The van der Waals surface area contributed by atoms with Crippen LogP contribution in [0.4, 0.5) is 0 Å². The molecule has 5 nitrogen and oxygen atoms in total. The Kier molecular flexibility index (Phi) is 5.71. The first-order chi connectivity index (χ1) is 10.3. The summed E-state index contributed by atoms with van der Waals surface area (Å²) in [5.74, 6) is 0.814. The molecule has 1 N–H and O–H groups in total. The second-order valence-corrected chi connectivity index (χ2v) is 7.91. The second kappa shape index (κ2) is 7.17. The van der Waals surface area contributed by atoms with E-state index in [1.165, 1.54) is 19.2 Å². The summed E-state index contributed by atoms with van der Waals surface area (Å²) < 4.78 is 38.4. The maximum Gasteiger partial charge on any atom is 0.240 e. The minimum absolute atomic E-state index is 0.0842. The van der Waals surface area contributed by atoms with Crippen LogP contribution < -0.4 is 9.46 Å². The fourth-order valence-corrected chi connectivity index (χ4v) is 4.13. The first-order valence-electron chi connectivity index (χ1n) is 7.31. The molecule has 1 fully saturated rings. The van der Waals surface area contributed by atoms with Gasteiger partial charge in [0, 0.05) is 12.6 Å². The van der Waals surface area contributed by atoms with Crippen LogP contribution in [0.15, 0.2) is 23.1 Å². The number of benzene rings is 1. The van der Waals surface area contributed by atoms with Crippen molar-refractivity contribution in [2.24, 2.45) is 5.92 Å². The van der Waals surface area contributed by atoms with Crippen LogP contribution in [0.5, 0.6) is 5.75 Å². The van der Waals surface area contributed by atoms with Gasteiger partial charge in [-0.05, 0) is 37.0 Å². The number of hydrogen-bond donors (Lipinski definition) is 1. The number of sulfonamides is 1. The zero-order valence-corrected chi connectivity index (χ0v) is 14.6. The molecule has 1 saturated heterocycles. The number of hydrogen-bond acceptors (Lipinski definition) is 4. The first kappa shape index (κ1) is 17.5. The summed E-state index contributed by atoms with van der Waals surface area (Å²) in [6.45, 7) is 4.72. The highest BCUT2D eigenvalue weighted by Gasteiger charge is 2.28. The lowest BCUT2D eigenvalue weighted by Crippen LogP contribution is -2.43. The molecule has 124 valence electrons. The predicted molar refractivity (Wildman–Crippen MR) is 85.9 cm³/mol. The largest absolute Gasteiger partial charge is 0.495 e. The van der Waals surface area contributed by atoms with Gasteiger partial charge in [0.05, 0.1) is 23.1 Å². The minimum Gasteiger partial charge on any atom is -0.495 e. The standard InChI is InChI=1S/C15H22ClNO4S/c1-10(2)15-8-11(6-7-21-15)17-22(18,19)12-4-5-14(20-3)13(16)9-12/h4-5,9-11,15,17H,6-8H2,1-3H3/t11-,15-/m1/s1. The Bertz CT molecular complexity index is 618. The average Bonchev–Trinajstić information content (AvgIpc) is 2.47. The van der Waals surface area contributed by atoms with E-state index in [2.05, 4.69) is 18.6 Å². The van der Waals surface area contributed by atoms with Gasteiger partial charge >= 0.3 is 0 Å². The molecular weight excluding hydrogens is 326 g/mol. The van der Waals surface area contributed by atoms with Crippen LogP contribution in [-0.2, 0) is 14.8 Å². The highest BCUT2D eigenvalue weighted by atomic mass is 35.5. The van der Waals surface area contributed by atoms with Gasteiger partial charge in [0.15, 0.2) is 0 Å². The topological polar surface area (TPSA) is 64.6 Å². The summed E-state index contributed by atoms with van der Waals surface area (Å²) in [7, 11) is -2.11. The summed E-state index contributed by atoms with van der Waals surface area (Å²) >= 11 is 6.01. The average molecular weight is 348 g/mol. The third-order valence-corrected chi connectivity index (χ3v) is 5.63. The molecular formula is C15H22ClNO4S. The van der Waals surface area contributed by atoms with E-state index in [1.54, 1.807) is 6.07 Å². The maximum absolute atomic E-state index is 12.5. The molecule has 2 atom stereocenters. The van der Waals surface area contributed by atoms with Gasteiger partial charge in [0.2, 0.25) is 10.0 Å². The Morgan fingerprint density at radius 1 is 1.41 bits per heavy atom. The fraction of sp³-hybridized carbons (Fsp3) is 0.600. The van der Waals surface area contributed by atoms with E-state index < -0.39 is 10.0 Å². The van der Waals surface area contributed by atoms with Crippen molar-refractivity contribution in [3.05, 3.63) is 23.2 Å². The molecule has 0 radical (unpaired) electrons. The molecule has 0 saturated carbocycles. The Hall–Kier alpha value is -0.820. The van der Waals surface area contributed by atoms with Crippen molar-refractivity contribution in [1.82, 2.24) is 4.72 Å². The predicted octanol–water partition coefficient (Wildman–Crippen LogP) is 2.83. The van der Waals surface area contributed by atoms with Gasteiger partial charge in [0.25, 0.3) is 0 Å². The lowest BCUT2D eigenvalue weighted by atomic mass is 9.96. The number of rotatable bonds is 5. The molecule has 0 spiro atoms. The van der Waals surface area contributed by atoms with E-state index in [0.717, 1.165) is 0 Å². The highest BCUT2D eigenvalue weighted by Crippen LogP contribution is 2.28. The molecule has 0 amide bonds. The fourth-order valence-electron chi connectivity index (χ4n) is 2.50. The van der Waals surface area contributed by atoms with Crippen molar-refractivity contribution >= 4 is 21.6 Å². The van der Waals surface area contributed by atoms with Gasteiger partial charge in [-0.1, -0.05) is 25.4 Å². The Labute approximate surface area is 137 Å². The molecule has 2 rings (SSSR count). The van der Waals surface area contributed by atoms with Gasteiger partial charge in [-0.15, -0.1) is 0 Å². The lowest BCUT2D eigenvalue weighted by Gasteiger charge is -2.32. The summed E-state index contributed by atoms with van der Waals surface area (Å²) in [5.41, 5.74) is 0. The van der Waals surface area contributed by atoms with E-state index in [1.807, 2.05) is 0 Å². The molecule has 1 aliphatic rings. The van der Waals surface area contributed by atoms with Crippen LogP contribution in [0.3, 0.4) is 0 Å². The molecule has 1 aromatic rings. The van der Waals surface area contributed by atoms with Gasteiger partial charge in [-0.25, -0.2) is 13.1 Å². The SMILES string of the molecule is COc1ccc(S(=O)(=O)N[C@@H]2CCO[C@@H](C(C)C)C2)cc1Cl. The summed E-state index contributed by atoms with van der Waals surface area (Å²) in [4.78, 5) is 0.144. The van der Waals surface area contributed by atoms with Crippen LogP contribution in [0.1, 0.15) is 26.7 Å². The van der Waals surface area contributed by atoms with Gasteiger partial charge in [0.1, 0.15) is 5.75 Å². The summed E-state index contributed by atoms with van der Waals surface area (Å²) in [6.07, 6.45) is 1.44. The molecule has 1 aromatic carbocycles. The number of methoxy groups -OCH3 is 1. The number of nitrogens with one attached hydrogen (secondary N) is 1. The third-order valence-electron chi connectivity index (χ3n) is 3.81. The Balaban J connectivity index is 2.12. The van der Waals surface area contributed by atoms with Crippen LogP contribution in [0, 0.1) is 5.92 Å². The van der Waals surface area contributed by atoms with Crippen molar-refractivity contribution < 1.29 is 17.9 Å². The highest BCUT2D eigenvalue weighted by molar-refractivity contribution is 7.89. The van der Waals surface area contributed by atoms with Crippen LogP contribution >= 0.6 is 11.6 Å². The van der Waals surface area contributed by atoms with Gasteiger partial charge in [-0.3, -0.25) is 0 Å². The smallest absolute Gasteiger partial charge is 0.240 e. The first-order valence-corrected chi connectivity index (χ1v) is 9.17. The molecule has 1 heterocycles. The van der Waals surface area contributed by atoms with E-state index in [0.29, 0.717) is 31.1 Å². The van der Waals surface area contributed by atoms with Gasteiger partial charge in [-0.2, -0.15) is 0 Å². The van der Waals surface area contributed by atoms with Crippen molar-refractivity contribution in [2.45, 2.75) is 43.7 Å². The van der Waals surface area contributed by atoms with Gasteiger partial charge < -0.3 is 9.47 Å². The van der Waals surface area contributed by atoms with Crippen LogP contribution in [-0.4, -0.2) is 34.3 Å². The normalized spacial score (nSPS) is 22.8. The molecule has 1 aliphatic heterocycles. The molecule has 0 aromatic heterocycles. The van der Waals surface area contributed by atoms with Crippen molar-refractivity contribution in [1.29, 1.82) is 0 Å². The zero-order chi connectivity index (χ0) is 16.3. The molecule has 0 bridgehead atoms. The molecule has 22 heavy (non-hydrogen) atoms. The maximum atomic E-state index is 12.5. The van der Waals surface area contributed by atoms with Crippen molar-refractivity contribution in [2.75, 3.05) is 13.7 Å². The lowest BCUT2D eigenvalue weighted by molar-refractivity contribution is -0.0211. The number of halogens is 1. The third kappa shape index (κ3) is 4.13. The molecule has 0 unspecified atom stereocenters. The van der Waals surface area contributed by atoms with E-state index in [4.69, 9.17) is 21.1 Å². The van der Waals surface area contributed by atoms with E-state index >= 15 is 0 Å². The molecule has 0 aliphatic carbocycles. The van der Waals surface area contributed by atoms with Crippen LogP contribution in [0.2, 0.25) is 5.02 Å². The van der Waals surface area contributed by atoms with E-state index in [9.17, 15) is 8.42 Å². The van der Waals surface area contributed by atoms with Crippen molar-refractivity contribution in [3.8, 4) is 5.75 Å². The minimum atomic E-state index is -3.60. The van der Waals surface area contributed by atoms with Crippen molar-refractivity contribution in [3.63, 3.8) is 0 Å². The second-order valence-electron chi connectivity index (χ2n) is 5.79. The van der Waals surface area contributed by atoms with E-state index in [-0.39, 0.29) is 22.1 Å². The number of ether oxygens (including phenoxy) is 2. The molecule has 7 heteroatoms. The Morgan fingerprint density at radius 2 is 2.14 bits per heavy atom. The quantitative estimate of drug-likeness (QED) is 0.889. The monoisotopic (exact) mass is 347 g/mol. The zero-order valence-electron chi connectivity index (χ0n) is 13.0. The summed E-state index contributed by atoms with van der Waals surface area (Å²) in [6, 6.07) is 4.33.